The third-order valence-corrected chi connectivity index (χ3v) is 2.49. The smallest absolute Gasteiger partial charge is 0.307 e. The van der Waals surface area contributed by atoms with Crippen LogP contribution in [0.4, 0.5) is 8.78 Å². The quantitative estimate of drug-likeness (QED) is 0.908. The van der Waals surface area contributed by atoms with E-state index in [0.29, 0.717) is 5.56 Å². The van der Waals surface area contributed by atoms with Crippen molar-refractivity contribution < 1.29 is 18.7 Å². The summed E-state index contributed by atoms with van der Waals surface area (Å²) < 4.78 is 28.9. The normalized spacial score (nSPS) is 10.6. The number of rotatable bonds is 3. The minimum Gasteiger partial charge on any atom is -0.481 e. The molecular weight excluding hydrogens is 242 g/mol. The van der Waals surface area contributed by atoms with Crippen molar-refractivity contribution in [2.75, 3.05) is 0 Å². The Balaban J connectivity index is 2.45. The lowest BCUT2D eigenvalue weighted by molar-refractivity contribution is -0.136. The van der Waals surface area contributed by atoms with Crippen LogP contribution in [0.1, 0.15) is 5.56 Å². The molecule has 0 unspecified atom stereocenters. The molecule has 1 aromatic heterocycles. The van der Waals surface area contributed by atoms with E-state index in [1.165, 1.54) is 10.9 Å². The summed E-state index contributed by atoms with van der Waals surface area (Å²) in [5, 5.41) is 12.4. The molecule has 2 rings (SSSR count). The van der Waals surface area contributed by atoms with Crippen molar-refractivity contribution in [3.05, 3.63) is 41.7 Å². The Bertz CT molecular complexity index is 608. The summed E-state index contributed by atoms with van der Waals surface area (Å²) in [6.07, 6.45) is 2.42. The van der Waals surface area contributed by atoms with Crippen molar-refractivity contribution in [2.24, 2.45) is 7.05 Å². The zero-order valence-corrected chi connectivity index (χ0v) is 9.52. The molecule has 0 aliphatic carbocycles. The topological polar surface area (TPSA) is 55.1 Å². The molecule has 0 saturated carbocycles. The van der Waals surface area contributed by atoms with Gasteiger partial charge < -0.3 is 5.11 Å². The largest absolute Gasteiger partial charge is 0.481 e. The lowest BCUT2D eigenvalue weighted by Gasteiger charge is -2.05. The summed E-state index contributed by atoms with van der Waals surface area (Å²) in [5.74, 6) is -2.61. The molecule has 0 aliphatic heterocycles. The van der Waals surface area contributed by atoms with Gasteiger partial charge in [0.05, 0.1) is 12.6 Å². The highest BCUT2D eigenvalue weighted by atomic mass is 19.1. The van der Waals surface area contributed by atoms with Crippen LogP contribution in [0, 0.1) is 11.6 Å². The number of aryl methyl sites for hydroxylation is 1. The van der Waals surface area contributed by atoms with Gasteiger partial charge in [0.2, 0.25) is 0 Å². The number of hydrogen-bond acceptors (Lipinski definition) is 2. The standard InChI is InChI=1S/C12H10F2N2O2/c1-16-6-8(5-15-16)9-4-10(13)7(2-11(9)14)3-12(17)18/h2,4-6H,3H2,1H3,(H,17,18). The van der Waals surface area contributed by atoms with Crippen molar-refractivity contribution in [1.82, 2.24) is 9.78 Å². The van der Waals surface area contributed by atoms with Crippen LogP contribution < -0.4 is 0 Å². The lowest BCUT2D eigenvalue weighted by atomic mass is 10.0. The molecule has 0 spiro atoms. The first-order valence-corrected chi connectivity index (χ1v) is 5.16. The fourth-order valence-electron chi connectivity index (χ4n) is 1.67. The van der Waals surface area contributed by atoms with Gasteiger partial charge in [-0.15, -0.1) is 0 Å². The summed E-state index contributed by atoms with van der Waals surface area (Å²) in [5.41, 5.74) is 0.332. The second-order valence-electron chi connectivity index (χ2n) is 3.90. The predicted molar refractivity (Wildman–Crippen MR) is 59.9 cm³/mol. The highest BCUT2D eigenvalue weighted by molar-refractivity contribution is 5.71. The van der Waals surface area contributed by atoms with E-state index in [1.807, 2.05) is 0 Å². The van der Waals surface area contributed by atoms with E-state index in [0.717, 1.165) is 12.1 Å². The van der Waals surface area contributed by atoms with Gasteiger partial charge in [-0.25, -0.2) is 8.78 Å². The van der Waals surface area contributed by atoms with Gasteiger partial charge in [0.1, 0.15) is 11.6 Å². The fraction of sp³-hybridized carbons (Fsp3) is 0.167. The van der Waals surface area contributed by atoms with Gasteiger partial charge in [-0.1, -0.05) is 0 Å². The van der Waals surface area contributed by atoms with Gasteiger partial charge >= 0.3 is 5.97 Å². The van der Waals surface area contributed by atoms with Crippen LogP contribution in [-0.2, 0) is 18.3 Å². The minimum atomic E-state index is -1.21. The number of hydrogen-bond donors (Lipinski definition) is 1. The Morgan fingerprint density at radius 3 is 2.67 bits per heavy atom. The molecule has 2 aromatic rings. The number of aliphatic carboxylic acids is 1. The summed E-state index contributed by atoms with van der Waals surface area (Å²) in [4.78, 5) is 10.5. The van der Waals surface area contributed by atoms with E-state index in [-0.39, 0.29) is 11.1 Å². The lowest BCUT2D eigenvalue weighted by Crippen LogP contribution is -2.03. The number of carbonyl (C=O) groups is 1. The van der Waals surface area contributed by atoms with Gasteiger partial charge in [-0.3, -0.25) is 9.48 Å². The predicted octanol–water partition coefficient (Wildman–Crippen LogP) is 1.99. The second-order valence-corrected chi connectivity index (χ2v) is 3.90. The summed E-state index contributed by atoms with van der Waals surface area (Å²) in [6, 6.07) is 1.90. The molecule has 1 N–H and O–H groups in total. The molecule has 0 aliphatic rings. The molecule has 4 nitrogen and oxygen atoms in total. The number of nitrogens with zero attached hydrogens (tertiary/aromatic N) is 2. The van der Waals surface area contributed by atoms with Crippen LogP contribution in [0.15, 0.2) is 24.5 Å². The maximum atomic E-state index is 13.8. The molecule has 0 saturated heterocycles. The average molecular weight is 252 g/mol. The van der Waals surface area contributed by atoms with Crippen molar-refractivity contribution >= 4 is 5.97 Å². The van der Waals surface area contributed by atoms with Crippen LogP contribution in [-0.4, -0.2) is 20.9 Å². The number of carboxylic acids is 1. The highest BCUT2D eigenvalue weighted by Crippen LogP contribution is 2.25. The van der Waals surface area contributed by atoms with Crippen molar-refractivity contribution in [1.29, 1.82) is 0 Å². The Morgan fingerprint density at radius 2 is 2.11 bits per heavy atom. The van der Waals surface area contributed by atoms with E-state index in [9.17, 15) is 13.6 Å². The number of carboxylic acid groups (broad SMARTS) is 1. The number of benzene rings is 1. The molecule has 1 heterocycles. The highest BCUT2D eigenvalue weighted by Gasteiger charge is 2.14. The molecule has 0 bridgehead atoms. The van der Waals surface area contributed by atoms with E-state index >= 15 is 0 Å². The van der Waals surface area contributed by atoms with Crippen LogP contribution in [0.2, 0.25) is 0 Å². The fourth-order valence-corrected chi connectivity index (χ4v) is 1.67. The third kappa shape index (κ3) is 2.37. The summed E-state index contributed by atoms with van der Waals surface area (Å²) in [7, 11) is 1.66. The maximum absolute atomic E-state index is 13.8. The average Bonchev–Trinajstić information content (AvgIpc) is 2.69. The molecule has 6 heteroatoms. The first-order chi connectivity index (χ1) is 8.47. The molecular formula is C12H10F2N2O2. The Morgan fingerprint density at radius 1 is 1.39 bits per heavy atom. The van der Waals surface area contributed by atoms with E-state index in [1.54, 1.807) is 13.2 Å². The molecule has 0 fully saturated rings. The third-order valence-electron chi connectivity index (χ3n) is 2.49. The van der Waals surface area contributed by atoms with Gasteiger partial charge in [0, 0.05) is 29.9 Å². The molecule has 1 aromatic carbocycles. The molecule has 0 atom stereocenters. The van der Waals surface area contributed by atoms with Gasteiger partial charge in [0.15, 0.2) is 0 Å². The Kier molecular flexibility index (Phi) is 3.10. The van der Waals surface area contributed by atoms with Gasteiger partial charge in [-0.05, 0) is 12.1 Å². The van der Waals surface area contributed by atoms with Crippen molar-refractivity contribution in [3.63, 3.8) is 0 Å². The molecule has 0 radical (unpaired) electrons. The maximum Gasteiger partial charge on any atom is 0.307 e. The van der Waals surface area contributed by atoms with E-state index in [2.05, 4.69) is 5.10 Å². The van der Waals surface area contributed by atoms with E-state index in [4.69, 9.17) is 5.11 Å². The second kappa shape index (κ2) is 4.56. The summed E-state index contributed by atoms with van der Waals surface area (Å²) >= 11 is 0. The SMILES string of the molecule is Cn1cc(-c2cc(F)c(CC(=O)O)cc2F)cn1. The minimum absolute atomic E-state index is 0.0646. The molecule has 94 valence electrons. The van der Waals surface area contributed by atoms with Gasteiger partial charge in [-0.2, -0.15) is 5.10 Å². The van der Waals surface area contributed by atoms with Crippen LogP contribution in [0.5, 0.6) is 0 Å². The molecule has 0 amide bonds. The molecule has 18 heavy (non-hydrogen) atoms. The zero-order valence-electron chi connectivity index (χ0n) is 9.52. The van der Waals surface area contributed by atoms with Crippen LogP contribution in [0.25, 0.3) is 11.1 Å². The summed E-state index contributed by atoms with van der Waals surface area (Å²) in [6.45, 7) is 0. The first-order valence-electron chi connectivity index (χ1n) is 5.16. The van der Waals surface area contributed by atoms with E-state index < -0.39 is 24.0 Å². The van der Waals surface area contributed by atoms with Crippen LogP contribution >= 0.6 is 0 Å². The monoisotopic (exact) mass is 252 g/mol. The number of halogens is 2. The van der Waals surface area contributed by atoms with Crippen molar-refractivity contribution in [2.45, 2.75) is 6.42 Å². The van der Waals surface area contributed by atoms with Crippen molar-refractivity contribution in [3.8, 4) is 11.1 Å². The first kappa shape index (κ1) is 12.2. The number of aromatic nitrogens is 2. The van der Waals surface area contributed by atoms with Gasteiger partial charge in [0.25, 0.3) is 0 Å². The zero-order chi connectivity index (χ0) is 13.3. The Labute approximate surface area is 101 Å². The Hall–Kier alpha value is -2.24. The van der Waals surface area contributed by atoms with Crippen LogP contribution in [0.3, 0.4) is 0 Å².